The van der Waals surface area contributed by atoms with Gasteiger partial charge in [-0.15, -0.1) is 0 Å². The molecule has 0 saturated heterocycles. The fourth-order valence-electron chi connectivity index (χ4n) is 5.28. The van der Waals surface area contributed by atoms with E-state index in [1.807, 2.05) is 31.2 Å². The summed E-state index contributed by atoms with van der Waals surface area (Å²) >= 11 is 0. The molecule has 0 heterocycles. The van der Waals surface area contributed by atoms with Crippen LogP contribution in [0.5, 0.6) is 0 Å². The molecule has 0 amide bonds. The Kier molecular flexibility index (Phi) is 7.03. The first kappa shape index (κ1) is 24.3. The number of unbranched alkanes of at least 4 members (excludes halogenated alkanes) is 1. The van der Waals surface area contributed by atoms with Crippen LogP contribution in [0.15, 0.2) is 36.4 Å². The minimum Gasteiger partial charge on any atom is -0.462 e. The number of ether oxygens (including phenoxy) is 1. The molecule has 3 rings (SSSR count). The highest BCUT2D eigenvalue weighted by Crippen LogP contribution is 2.54. The molecule has 0 aromatic heterocycles. The van der Waals surface area contributed by atoms with Crippen LogP contribution in [0.1, 0.15) is 106 Å². The molecular weight excluding hydrogens is 392 g/mol. The zero-order chi connectivity index (χ0) is 23.7. The molecule has 0 saturated carbocycles. The fourth-order valence-corrected chi connectivity index (χ4v) is 5.28. The Morgan fingerprint density at radius 1 is 1.00 bits per heavy atom. The van der Waals surface area contributed by atoms with Gasteiger partial charge in [-0.05, 0) is 89.0 Å². The second-order valence-corrected chi connectivity index (χ2v) is 10.5. The lowest BCUT2D eigenvalue weighted by molar-refractivity contribution is 0.0526. The minimum absolute atomic E-state index is 0.151. The minimum atomic E-state index is -0.265. The van der Waals surface area contributed by atoms with Crippen LogP contribution in [-0.2, 0) is 22.0 Å². The zero-order valence-electron chi connectivity index (χ0n) is 21.3. The number of hydrogen-bond acceptors (Lipinski definition) is 2. The molecule has 0 bridgehead atoms. The van der Waals surface area contributed by atoms with Gasteiger partial charge in [-0.25, -0.2) is 4.79 Å². The van der Waals surface area contributed by atoms with Gasteiger partial charge in [-0.1, -0.05) is 78.3 Å². The van der Waals surface area contributed by atoms with Crippen LogP contribution in [0.4, 0.5) is 0 Å². The average Bonchev–Trinajstić information content (AvgIpc) is 2.89. The van der Waals surface area contributed by atoms with E-state index in [1.54, 1.807) is 0 Å². The molecule has 2 aromatic carbocycles. The summed E-state index contributed by atoms with van der Waals surface area (Å²) in [6.45, 7) is 18.7. The number of rotatable bonds is 7. The number of esters is 1. The molecule has 1 unspecified atom stereocenters. The molecule has 2 aromatic rings. The summed E-state index contributed by atoms with van der Waals surface area (Å²) in [5.41, 5.74) is 9.15. The summed E-state index contributed by atoms with van der Waals surface area (Å²) < 4.78 is 5.10. The predicted octanol–water partition coefficient (Wildman–Crippen LogP) is 7.97. The standard InChI is InChI=1S/C30H40O2/c1-9-11-12-24-18-26-27(30(7,8)21(4)29(26,5)6)19-25(24)20(3)17-22-13-15-23(16-14-22)28(31)32-10-2/h13-19,21H,9-12H2,1-8H3/b20-17+. The van der Waals surface area contributed by atoms with Crippen molar-refractivity contribution in [1.82, 2.24) is 0 Å². The maximum absolute atomic E-state index is 12.0. The van der Waals surface area contributed by atoms with E-state index < -0.39 is 0 Å². The van der Waals surface area contributed by atoms with Crippen LogP contribution < -0.4 is 0 Å². The maximum atomic E-state index is 12.0. The first-order valence-corrected chi connectivity index (χ1v) is 12.2. The topological polar surface area (TPSA) is 26.3 Å². The second kappa shape index (κ2) is 9.25. The van der Waals surface area contributed by atoms with Crippen molar-refractivity contribution >= 4 is 17.6 Å². The van der Waals surface area contributed by atoms with Gasteiger partial charge in [0.15, 0.2) is 0 Å². The van der Waals surface area contributed by atoms with Gasteiger partial charge in [-0.2, -0.15) is 0 Å². The van der Waals surface area contributed by atoms with Crippen molar-refractivity contribution in [3.63, 3.8) is 0 Å². The van der Waals surface area contributed by atoms with E-state index in [4.69, 9.17) is 4.74 Å². The second-order valence-electron chi connectivity index (χ2n) is 10.5. The maximum Gasteiger partial charge on any atom is 0.338 e. The van der Waals surface area contributed by atoms with Crippen LogP contribution in [-0.4, -0.2) is 12.6 Å². The van der Waals surface area contributed by atoms with E-state index in [-0.39, 0.29) is 16.8 Å². The lowest BCUT2D eigenvalue weighted by Crippen LogP contribution is -2.30. The molecule has 0 N–H and O–H groups in total. The van der Waals surface area contributed by atoms with E-state index in [0.29, 0.717) is 18.1 Å². The van der Waals surface area contributed by atoms with E-state index in [9.17, 15) is 4.79 Å². The lowest BCUT2D eigenvalue weighted by Gasteiger charge is -2.32. The van der Waals surface area contributed by atoms with E-state index in [0.717, 1.165) is 12.0 Å². The molecule has 0 spiro atoms. The highest BCUT2D eigenvalue weighted by atomic mass is 16.5. The highest BCUT2D eigenvalue weighted by Gasteiger charge is 2.48. The highest BCUT2D eigenvalue weighted by molar-refractivity contribution is 5.90. The quantitative estimate of drug-likeness (QED) is 0.327. The summed E-state index contributed by atoms with van der Waals surface area (Å²) in [6, 6.07) is 12.7. The van der Waals surface area contributed by atoms with E-state index in [2.05, 4.69) is 66.7 Å². The van der Waals surface area contributed by atoms with Crippen LogP contribution in [0.3, 0.4) is 0 Å². The van der Waals surface area contributed by atoms with Gasteiger partial charge in [0.1, 0.15) is 0 Å². The van der Waals surface area contributed by atoms with Crippen molar-refractivity contribution < 1.29 is 9.53 Å². The van der Waals surface area contributed by atoms with Gasteiger partial charge in [0, 0.05) is 0 Å². The number of allylic oxidation sites excluding steroid dienone is 1. The monoisotopic (exact) mass is 432 g/mol. The lowest BCUT2D eigenvalue weighted by atomic mass is 9.71. The van der Waals surface area contributed by atoms with Crippen molar-refractivity contribution in [2.75, 3.05) is 6.61 Å². The van der Waals surface area contributed by atoms with Gasteiger partial charge in [0.2, 0.25) is 0 Å². The van der Waals surface area contributed by atoms with Crippen LogP contribution in [0.25, 0.3) is 11.6 Å². The van der Waals surface area contributed by atoms with Gasteiger partial charge >= 0.3 is 5.97 Å². The molecule has 0 aliphatic heterocycles. The Balaban J connectivity index is 2.04. The number of carbonyl (C=O) groups is 1. The third kappa shape index (κ3) is 4.42. The van der Waals surface area contributed by atoms with E-state index in [1.165, 1.54) is 40.7 Å². The largest absolute Gasteiger partial charge is 0.462 e. The summed E-state index contributed by atoms with van der Waals surface area (Å²) in [6.07, 6.45) is 5.74. The molecule has 0 radical (unpaired) electrons. The van der Waals surface area contributed by atoms with Crippen molar-refractivity contribution in [2.24, 2.45) is 5.92 Å². The summed E-state index contributed by atoms with van der Waals surface area (Å²) in [5.74, 6) is 0.318. The molecule has 0 fully saturated rings. The number of fused-ring (bicyclic) bond motifs is 1. The van der Waals surface area contributed by atoms with Crippen molar-refractivity contribution in [3.05, 3.63) is 69.8 Å². The third-order valence-electron chi connectivity index (χ3n) is 7.83. The Morgan fingerprint density at radius 2 is 1.59 bits per heavy atom. The number of aryl methyl sites for hydroxylation is 1. The number of carbonyl (C=O) groups excluding carboxylic acids is 1. The zero-order valence-corrected chi connectivity index (χ0v) is 21.3. The first-order valence-electron chi connectivity index (χ1n) is 12.2. The smallest absolute Gasteiger partial charge is 0.338 e. The Bertz CT molecular complexity index is 1010. The van der Waals surface area contributed by atoms with Crippen molar-refractivity contribution in [2.45, 2.75) is 85.5 Å². The molecular formula is C30H40O2. The Morgan fingerprint density at radius 3 is 2.16 bits per heavy atom. The van der Waals surface area contributed by atoms with Crippen LogP contribution in [0, 0.1) is 5.92 Å². The molecule has 2 heteroatoms. The Hall–Kier alpha value is -2.35. The van der Waals surface area contributed by atoms with E-state index >= 15 is 0 Å². The Labute approximate surface area is 195 Å². The molecule has 172 valence electrons. The normalized spacial score (nSPS) is 19.0. The molecule has 1 aliphatic rings. The summed E-state index contributed by atoms with van der Waals surface area (Å²) in [7, 11) is 0. The van der Waals surface area contributed by atoms with Gasteiger partial charge in [-0.3, -0.25) is 0 Å². The number of benzene rings is 2. The average molecular weight is 433 g/mol. The summed E-state index contributed by atoms with van der Waals surface area (Å²) in [4.78, 5) is 12.0. The molecule has 32 heavy (non-hydrogen) atoms. The van der Waals surface area contributed by atoms with Gasteiger partial charge in [0.25, 0.3) is 0 Å². The van der Waals surface area contributed by atoms with Crippen molar-refractivity contribution in [3.8, 4) is 0 Å². The molecule has 2 nitrogen and oxygen atoms in total. The third-order valence-corrected chi connectivity index (χ3v) is 7.83. The molecule has 1 atom stereocenters. The predicted molar refractivity (Wildman–Crippen MR) is 136 cm³/mol. The van der Waals surface area contributed by atoms with Gasteiger partial charge < -0.3 is 4.74 Å². The van der Waals surface area contributed by atoms with Crippen LogP contribution >= 0.6 is 0 Å². The van der Waals surface area contributed by atoms with Gasteiger partial charge in [0.05, 0.1) is 12.2 Å². The van der Waals surface area contributed by atoms with Crippen molar-refractivity contribution in [1.29, 1.82) is 0 Å². The summed E-state index contributed by atoms with van der Waals surface area (Å²) in [5, 5.41) is 0. The van der Waals surface area contributed by atoms with Crippen LogP contribution in [0.2, 0.25) is 0 Å². The fraction of sp³-hybridized carbons (Fsp3) is 0.500. The number of hydrogen-bond donors (Lipinski definition) is 0. The first-order chi connectivity index (χ1) is 15.0. The SMILES string of the molecule is CCCCc1cc2c(cc1/C(C)=C/c1ccc(C(=O)OCC)cc1)C(C)(C)C(C)C2(C)C. The molecule has 1 aliphatic carbocycles.